The van der Waals surface area contributed by atoms with Crippen molar-refractivity contribution in [2.45, 2.75) is 31.4 Å². The van der Waals surface area contributed by atoms with Crippen molar-refractivity contribution in [3.8, 4) is 5.75 Å². The monoisotopic (exact) mass is 423 g/mol. The average molecular weight is 424 g/mol. The van der Waals surface area contributed by atoms with Crippen molar-refractivity contribution in [2.75, 3.05) is 33.3 Å². The summed E-state index contributed by atoms with van der Waals surface area (Å²) in [5.74, 6) is 0.869. The van der Waals surface area contributed by atoms with E-state index in [4.69, 9.17) is 4.74 Å². The Morgan fingerprint density at radius 2 is 1.65 bits per heavy atom. The molecule has 0 aliphatic carbocycles. The van der Waals surface area contributed by atoms with Crippen LogP contribution in [0.15, 0.2) is 48.8 Å². The lowest BCUT2D eigenvalue weighted by atomic mass is 9.87. The third-order valence-corrected chi connectivity index (χ3v) is 6.50. The van der Waals surface area contributed by atoms with E-state index in [1.54, 1.807) is 36.5 Å². The number of ketones is 1. The van der Waals surface area contributed by atoms with E-state index in [2.05, 4.69) is 9.88 Å². The third-order valence-electron chi connectivity index (χ3n) is 6.50. The van der Waals surface area contributed by atoms with Gasteiger partial charge in [0, 0.05) is 48.6 Å². The lowest BCUT2D eigenvalue weighted by molar-refractivity contribution is -0.0185. The van der Waals surface area contributed by atoms with Gasteiger partial charge >= 0.3 is 0 Å². The molecule has 1 aromatic carbocycles. The Morgan fingerprint density at radius 3 is 2.26 bits per heavy atom. The van der Waals surface area contributed by atoms with E-state index in [-0.39, 0.29) is 23.7 Å². The maximum atomic E-state index is 12.8. The Kier molecular flexibility index (Phi) is 6.63. The van der Waals surface area contributed by atoms with Crippen molar-refractivity contribution in [1.82, 2.24) is 14.8 Å². The van der Waals surface area contributed by atoms with Gasteiger partial charge in [-0.2, -0.15) is 0 Å². The van der Waals surface area contributed by atoms with Gasteiger partial charge in [-0.25, -0.2) is 0 Å². The van der Waals surface area contributed by atoms with E-state index in [0.717, 1.165) is 43.7 Å². The molecule has 164 valence electrons. The molecule has 0 radical (unpaired) electrons. The number of rotatable bonds is 5. The first-order valence-corrected chi connectivity index (χ1v) is 10.9. The molecule has 7 nitrogen and oxygen atoms in total. The van der Waals surface area contributed by atoms with Crippen molar-refractivity contribution >= 4 is 11.7 Å². The zero-order valence-corrected chi connectivity index (χ0v) is 17.8. The van der Waals surface area contributed by atoms with Crippen LogP contribution in [0.25, 0.3) is 0 Å². The number of carbonyl (C=O) groups excluding carboxylic acids is 2. The summed E-state index contributed by atoms with van der Waals surface area (Å²) in [4.78, 5) is 33.4. The minimum Gasteiger partial charge on any atom is -0.497 e. The first kappa shape index (κ1) is 21.5. The van der Waals surface area contributed by atoms with E-state index < -0.39 is 6.10 Å². The Morgan fingerprint density at radius 1 is 0.968 bits per heavy atom. The topological polar surface area (TPSA) is 83.0 Å². The SMILES string of the molecule is COc1ccc(C(=O)C2CCN(C3CCN(C(=O)c4ccncc4)CC3O)CC2)cc1. The molecule has 3 heterocycles. The van der Waals surface area contributed by atoms with E-state index in [1.807, 2.05) is 24.3 Å². The van der Waals surface area contributed by atoms with Gasteiger partial charge in [0.1, 0.15) is 5.75 Å². The van der Waals surface area contributed by atoms with Crippen molar-refractivity contribution in [2.24, 2.45) is 5.92 Å². The number of pyridine rings is 1. The summed E-state index contributed by atoms with van der Waals surface area (Å²) >= 11 is 0. The summed E-state index contributed by atoms with van der Waals surface area (Å²) in [5.41, 5.74) is 1.32. The van der Waals surface area contributed by atoms with Crippen LogP contribution >= 0.6 is 0 Å². The molecule has 2 saturated heterocycles. The Bertz CT molecular complexity index is 895. The van der Waals surface area contributed by atoms with Gasteiger partial charge < -0.3 is 14.7 Å². The number of Topliss-reactive ketones (excluding diaryl/α,β-unsaturated/α-hetero) is 1. The zero-order valence-electron chi connectivity index (χ0n) is 17.8. The molecular formula is C24H29N3O4. The van der Waals surface area contributed by atoms with Crippen LogP contribution < -0.4 is 4.74 Å². The number of likely N-dealkylation sites (tertiary alicyclic amines) is 2. The van der Waals surface area contributed by atoms with Crippen LogP contribution in [0.4, 0.5) is 0 Å². The number of aliphatic hydroxyl groups excluding tert-OH is 1. The number of amides is 1. The number of hydrogen-bond donors (Lipinski definition) is 1. The van der Waals surface area contributed by atoms with Gasteiger partial charge in [-0.05, 0) is 68.8 Å². The van der Waals surface area contributed by atoms with Gasteiger partial charge in [0.05, 0.1) is 13.2 Å². The minimum atomic E-state index is -0.589. The highest BCUT2D eigenvalue weighted by atomic mass is 16.5. The van der Waals surface area contributed by atoms with Gasteiger partial charge in [-0.15, -0.1) is 0 Å². The number of piperidine rings is 2. The third kappa shape index (κ3) is 4.78. The molecule has 2 aliphatic heterocycles. The van der Waals surface area contributed by atoms with E-state index in [1.165, 1.54) is 0 Å². The largest absolute Gasteiger partial charge is 0.497 e. The van der Waals surface area contributed by atoms with Crippen molar-refractivity contribution in [3.05, 3.63) is 59.9 Å². The summed E-state index contributed by atoms with van der Waals surface area (Å²) < 4.78 is 5.16. The lowest BCUT2D eigenvalue weighted by Gasteiger charge is -2.44. The molecule has 1 N–H and O–H groups in total. The highest BCUT2D eigenvalue weighted by Crippen LogP contribution is 2.27. The summed E-state index contributed by atoms with van der Waals surface area (Å²) in [5, 5.41) is 10.8. The summed E-state index contributed by atoms with van der Waals surface area (Å²) in [7, 11) is 1.61. The first-order chi connectivity index (χ1) is 15.1. The molecule has 2 aromatic rings. The molecule has 0 bridgehead atoms. The van der Waals surface area contributed by atoms with Crippen LogP contribution in [0, 0.1) is 5.92 Å². The molecule has 0 spiro atoms. The number of benzene rings is 1. The Hall–Kier alpha value is -2.77. The highest BCUT2D eigenvalue weighted by Gasteiger charge is 2.36. The fourth-order valence-corrected chi connectivity index (χ4v) is 4.69. The molecule has 1 amide bonds. The molecule has 2 atom stereocenters. The maximum absolute atomic E-state index is 12.8. The quantitative estimate of drug-likeness (QED) is 0.743. The number of hydrogen-bond acceptors (Lipinski definition) is 6. The minimum absolute atomic E-state index is 0.00939. The highest BCUT2D eigenvalue weighted by molar-refractivity contribution is 5.98. The van der Waals surface area contributed by atoms with E-state index in [9.17, 15) is 14.7 Å². The normalized spacial score (nSPS) is 22.8. The second-order valence-electron chi connectivity index (χ2n) is 8.31. The van der Waals surface area contributed by atoms with Crippen LogP contribution in [-0.4, -0.2) is 77.0 Å². The van der Waals surface area contributed by atoms with Crippen molar-refractivity contribution in [3.63, 3.8) is 0 Å². The number of ether oxygens (including phenoxy) is 1. The van der Waals surface area contributed by atoms with Crippen LogP contribution in [0.2, 0.25) is 0 Å². The molecule has 0 saturated carbocycles. The van der Waals surface area contributed by atoms with Crippen LogP contribution in [-0.2, 0) is 0 Å². The second-order valence-corrected chi connectivity index (χ2v) is 8.31. The summed E-state index contributed by atoms with van der Waals surface area (Å²) in [6.45, 7) is 2.52. The van der Waals surface area contributed by atoms with Gasteiger partial charge in [-0.1, -0.05) is 0 Å². The second kappa shape index (κ2) is 9.58. The maximum Gasteiger partial charge on any atom is 0.254 e. The molecule has 7 heteroatoms. The number of carbonyl (C=O) groups is 2. The number of aromatic nitrogens is 1. The molecule has 2 unspecified atom stereocenters. The van der Waals surface area contributed by atoms with Crippen LogP contribution in [0.3, 0.4) is 0 Å². The average Bonchev–Trinajstić information content (AvgIpc) is 2.84. The van der Waals surface area contributed by atoms with Crippen LogP contribution in [0.5, 0.6) is 5.75 Å². The molecule has 1 aromatic heterocycles. The molecule has 2 fully saturated rings. The van der Waals surface area contributed by atoms with Crippen molar-refractivity contribution in [1.29, 1.82) is 0 Å². The Labute approximate surface area is 182 Å². The molecule has 2 aliphatic rings. The van der Waals surface area contributed by atoms with E-state index >= 15 is 0 Å². The van der Waals surface area contributed by atoms with E-state index in [0.29, 0.717) is 18.7 Å². The van der Waals surface area contributed by atoms with Gasteiger partial charge in [0.2, 0.25) is 0 Å². The standard InChI is InChI=1S/C24H29N3O4/c1-31-20-4-2-17(3-5-20)23(29)18-8-13-26(14-9-18)21-10-15-27(16-22(21)28)24(30)19-6-11-25-12-7-19/h2-7,11-12,18,21-22,28H,8-10,13-16H2,1H3. The van der Waals surface area contributed by atoms with Crippen LogP contribution in [0.1, 0.15) is 40.0 Å². The number of nitrogens with zero attached hydrogens (tertiary/aromatic N) is 3. The summed E-state index contributed by atoms with van der Waals surface area (Å²) in [6.07, 6.45) is 4.92. The molecule has 4 rings (SSSR count). The number of β-amino-alcohol motifs (C(OH)–C–C–N with tert-alkyl or cyclic N) is 1. The fourth-order valence-electron chi connectivity index (χ4n) is 4.69. The smallest absolute Gasteiger partial charge is 0.254 e. The van der Waals surface area contributed by atoms with Gasteiger partial charge in [-0.3, -0.25) is 19.5 Å². The van der Waals surface area contributed by atoms with Gasteiger partial charge in [0.25, 0.3) is 5.91 Å². The number of aliphatic hydroxyl groups is 1. The molecular weight excluding hydrogens is 394 g/mol. The number of methoxy groups -OCH3 is 1. The summed E-state index contributed by atoms with van der Waals surface area (Å²) in [6, 6.07) is 10.7. The lowest BCUT2D eigenvalue weighted by Crippen LogP contribution is -2.57. The fraction of sp³-hybridized carbons (Fsp3) is 0.458. The Balaban J connectivity index is 1.30. The first-order valence-electron chi connectivity index (χ1n) is 10.9. The predicted molar refractivity (Wildman–Crippen MR) is 116 cm³/mol. The zero-order chi connectivity index (χ0) is 21.8. The molecule has 31 heavy (non-hydrogen) atoms. The predicted octanol–water partition coefficient (Wildman–Crippen LogP) is 2.26. The van der Waals surface area contributed by atoms with Gasteiger partial charge in [0.15, 0.2) is 5.78 Å². The van der Waals surface area contributed by atoms with Crippen molar-refractivity contribution < 1.29 is 19.4 Å².